The monoisotopic (exact) mass is 314 g/mol. The fourth-order valence-corrected chi connectivity index (χ4v) is 3.49. The summed E-state index contributed by atoms with van der Waals surface area (Å²) in [4.78, 5) is 0. The molecule has 0 saturated heterocycles. The van der Waals surface area contributed by atoms with Gasteiger partial charge >= 0.3 is 0 Å². The van der Waals surface area contributed by atoms with E-state index >= 15 is 0 Å². The minimum Gasteiger partial charge on any atom is -0.388 e. The molecule has 18 heavy (non-hydrogen) atoms. The van der Waals surface area contributed by atoms with E-state index in [-0.39, 0.29) is 11.7 Å². The topological polar surface area (TPSA) is 20.2 Å². The highest BCUT2D eigenvalue weighted by atomic mass is 79.9. The Morgan fingerprint density at radius 1 is 1.39 bits per heavy atom. The van der Waals surface area contributed by atoms with Crippen LogP contribution in [0.5, 0.6) is 0 Å². The zero-order valence-electron chi connectivity index (χ0n) is 10.7. The number of hydrogen-bond acceptors (Lipinski definition) is 1. The van der Waals surface area contributed by atoms with Crippen LogP contribution in [-0.4, -0.2) is 5.11 Å². The largest absolute Gasteiger partial charge is 0.388 e. The summed E-state index contributed by atoms with van der Waals surface area (Å²) in [5.41, 5.74) is 0.698. The van der Waals surface area contributed by atoms with Gasteiger partial charge in [-0.25, -0.2) is 4.39 Å². The van der Waals surface area contributed by atoms with E-state index in [4.69, 9.17) is 0 Å². The molecule has 1 aromatic rings. The fourth-order valence-electron chi connectivity index (χ4n) is 3.01. The molecular formula is C15H20BrFO. The molecule has 1 fully saturated rings. The van der Waals surface area contributed by atoms with Crippen molar-refractivity contribution in [2.45, 2.75) is 45.1 Å². The van der Waals surface area contributed by atoms with Crippen molar-refractivity contribution in [2.75, 3.05) is 0 Å². The molecule has 3 heteroatoms. The number of hydrogen-bond donors (Lipinski definition) is 1. The molecule has 1 aliphatic rings. The van der Waals surface area contributed by atoms with Crippen molar-refractivity contribution in [2.24, 2.45) is 11.8 Å². The van der Waals surface area contributed by atoms with E-state index in [0.29, 0.717) is 10.0 Å². The van der Waals surface area contributed by atoms with E-state index in [0.717, 1.165) is 18.8 Å². The molecule has 0 aliphatic heterocycles. The quantitative estimate of drug-likeness (QED) is 0.846. The zero-order chi connectivity index (χ0) is 13.1. The van der Waals surface area contributed by atoms with Crippen molar-refractivity contribution in [1.82, 2.24) is 0 Å². The Bertz CT molecular complexity index is 387. The van der Waals surface area contributed by atoms with Gasteiger partial charge in [-0.1, -0.05) is 42.1 Å². The lowest BCUT2D eigenvalue weighted by Crippen LogP contribution is -2.21. The molecule has 0 radical (unpaired) electrons. The predicted octanol–water partition coefficient (Wildman–Crippen LogP) is 4.84. The second kappa shape index (κ2) is 6.16. The summed E-state index contributed by atoms with van der Waals surface area (Å²) in [6.45, 7) is 2.21. The van der Waals surface area contributed by atoms with Crippen molar-refractivity contribution >= 4 is 15.9 Å². The number of halogens is 2. The van der Waals surface area contributed by atoms with Gasteiger partial charge in [-0.2, -0.15) is 0 Å². The molecule has 1 aliphatic carbocycles. The van der Waals surface area contributed by atoms with Crippen LogP contribution in [0.15, 0.2) is 22.7 Å². The van der Waals surface area contributed by atoms with Gasteiger partial charge in [-0.3, -0.25) is 0 Å². The lowest BCUT2D eigenvalue weighted by molar-refractivity contribution is 0.0675. The van der Waals surface area contributed by atoms with Crippen LogP contribution in [0.2, 0.25) is 0 Å². The van der Waals surface area contributed by atoms with Crippen LogP contribution in [0, 0.1) is 17.7 Å². The fraction of sp³-hybridized carbons (Fsp3) is 0.600. The molecule has 100 valence electrons. The van der Waals surface area contributed by atoms with Crippen LogP contribution < -0.4 is 0 Å². The number of rotatable bonds is 3. The molecule has 0 amide bonds. The van der Waals surface area contributed by atoms with Gasteiger partial charge in [0.25, 0.3) is 0 Å². The van der Waals surface area contributed by atoms with Crippen molar-refractivity contribution in [1.29, 1.82) is 0 Å². The zero-order valence-corrected chi connectivity index (χ0v) is 12.3. The molecule has 1 saturated carbocycles. The highest BCUT2D eigenvalue weighted by Crippen LogP contribution is 2.38. The summed E-state index contributed by atoms with van der Waals surface area (Å²) in [5.74, 6) is 0.703. The lowest BCUT2D eigenvalue weighted by Gasteiger charge is -2.32. The van der Waals surface area contributed by atoms with E-state index in [1.54, 1.807) is 0 Å². The molecule has 1 nitrogen and oxygen atoms in total. The third-order valence-corrected chi connectivity index (χ3v) is 4.53. The van der Waals surface area contributed by atoms with Crippen LogP contribution in [0.3, 0.4) is 0 Å². The van der Waals surface area contributed by atoms with Crippen molar-refractivity contribution in [3.05, 3.63) is 34.1 Å². The maximum atomic E-state index is 13.4. The molecule has 2 rings (SSSR count). The smallest absolute Gasteiger partial charge is 0.124 e. The standard InChI is InChI=1S/C15H20BrFO/c1-2-10-4-3-5-11(6-10)15(18)12-7-13(16)9-14(17)8-12/h7-11,15,18H,2-6H2,1H3. The predicted molar refractivity (Wildman–Crippen MR) is 74.8 cm³/mol. The van der Waals surface area contributed by atoms with Crippen LogP contribution in [0.1, 0.15) is 50.7 Å². The van der Waals surface area contributed by atoms with Crippen LogP contribution in [0.25, 0.3) is 0 Å². The van der Waals surface area contributed by atoms with Gasteiger partial charge in [-0.15, -0.1) is 0 Å². The van der Waals surface area contributed by atoms with Crippen molar-refractivity contribution in [3.63, 3.8) is 0 Å². The first-order chi connectivity index (χ1) is 8.60. The normalized spacial score (nSPS) is 26.0. The second-order valence-electron chi connectivity index (χ2n) is 5.35. The molecule has 0 heterocycles. The number of aliphatic hydroxyl groups is 1. The Labute approximate surface area is 117 Å². The maximum Gasteiger partial charge on any atom is 0.124 e. The van der Waals surface area contributed by atoms with Crippen LogP contribution in [0.4, 0.5) is 4.39 Å². The third kappa shape index (κ3) is 3.33. The number of aliphatic hydroxyl groups excluding tert-OH is 1. The molecule has 1 aromatic carbocycles. The average molecular weight is 315 g/mol. The van der Waals surface area contributed by atoms with Crippen molar-refractivity contribution < 1.29 is 9.50 Å². The maximum absolute atomic E-state index is 13.4. The Hall–Kier alpha value is -0.410. The Balaban J connectivity index is 2.12. The van der Waals surface area contributed by atoms with E-state index in [1.165, 1.54) is 31.4 Å². The second-order valence-corrected chi connectivity index (χ2v) is 6.26. The summed E-state index contributed by atoms with van der Waals surface area (Å²) in [5, 5.41) is 10.4. The van der Waals surface area contributed by atoms with Gasteiger partial charge < -0.3 is 5.11 Å². The first-order valence-electron chi connectivity index (χ1n) is 6.74. The minimum absolute atomic E-state index is 0.275. The summed E-state index contributed by atoms with van der Waals surface area (Å²) >= 11 is 3.28. The summed E-state index contributed by atoms with van der Waals surface area (Å²) in [6, 6.07) is 4.69. The third-order valence-electron chi connectivity index (χ3n) is 4.07. The van der Waals surface area contributed by atoms with Gasteiger partial charge in [0.15, 0.2) is 0 Å². The van der Waals surface area contributed by atoms with Gasteiger partial charge in [-0.05, 0) is 48.4 Å². The van der Waals surface area contributed by atoms with Gasteiger partial charge in [0, 0.05) is 4.47 Å². The Morgan fingerprint density at radius 2 is 2.17 bits per heavy atom. The van der Waals surface area contributed by atoms with Gasteiger partial charge in [0.1, 0.15) is 5.82 Å². The van der Waals surface area contributed by atoms with E-state index in [2.05, 4.69) is 22.9 Å². The first-order valence-corrected chi connectivity index (χ1v) is 7.53. The molecule has 0 aromatic heterocycles. The highest BCUT2D eigenvalue weighted by molar-refractivity contribution is 9.10. The summed E-state index contributed by atoms with van der Waals surface area (Å²) in [7, 11) is 0. The number of benzene rings is 1. The van der Waals surface area contributed by atoms with Crippen LogP contribution in [-0.2, 0) is 0 Å². The molecule has 3 atom stereocenters. The minimum atomic E-state index is -0.536. The van der Waals surface area contributed by atoms with E-state index < -0.39 is 6.10 Å². The Kier molecular flexibility index (Phi) is 4.79. The van der Waals surface area contributed by atoms with Crippen molar-refractivity contribution in [3.8, 4) is 0 Å². The lowest BCUT2D eigenvalue weighted by atomic mass is 9.76. The SMILES string of the molecule is CCC1CCCC(C(O)c2cc(F)cc(Br)c2)C1. The summed E-state index contributed by atoms with van der Waals surface area (Å²) < 4.78 is 14.1. The summed E-state index contributed by atoms with van der Waals surface area (Å²) in [6.07, 6.45) is 5.20. The molecule has 1 N–H and O–H groups in total. The molecule has 0 spiro atoms. The molecule has 3 unspecified atom stereocenters. The average Bonchev–Trinajstić information content (AvgIpc) is 2.37. The van der Waals surface area contributed by atoms with Crippen LogP contribution >= 0.6 is 15.9 Å². The van der Waals surface area contributed by atoms with Gasteiger partial charge in [0.05, 0.1) is 6.10 Å². The molecule has 0 bridgehead atoms. The van der Waals surface area contributed by atoms with Gasteiger partial charge in [0.2, 0.25) is 0 Å². The Morgan fingerprint density at radius 3 is 2.83 bits per heavy atom. The molecular weight excluding hydrogens is 295 g/mol. The first kappa shape index (κ1) is 14.0. The van der Waals surface area contributed by atoms with E-state index in [9.17, 15) is 9.50 Å². The van der Waals surface area contributed by atoms with E-state index in [1.807, 2.05) is 6.07 Å². The highest BCUT2D eigenvalue weighted by Gasteiger charge is 2.27.